The number of nitriles is 1. The van der Waals surface area contributed by atoms with Gasteiger partial charge in [-0.2, -0.15) is 5.26 Å². The first-order chi connectivity index (χ1) is 8.20. The molecule has 0 saturated heterocycles. The molecule has 86 valence electrons. The van der Waals surface area contributed by atoms with Gasteiger partial charge in [0.15, 0.2) is 0 Å². The van der Waals surface area contributed by atoms with E-state index in [4.69, 9.17) is 5.26 Å². The molecule has 1 aromatic heterocycles. The van der Waals surface area contributed by atoms with Crippen LogP contribution in [-0.4, -0.2) is 9.97 Å². The lowest BCUT2D eigenvalue weighted by molar-refractivity contribution is 0.585. The van der Waals surface area contributed by atoms with Crippen LogP contribution in [0.5, 0.6) is 0 Å². The van der Waals surface area contributed by atoms with Crippen molar-refractivity contribution in [1.29, 1.82) is 5.26 Å². The largest absolute Gasteiger partial charge is 0.342 e. The van der Waals surface area contributed by atoms with E-state index in [1.54, 1.807) is 0 Å². The summed E-state index contributed by atoms with van der Waals surface area (Å²) in [6.07, 6.45) is 2.31. The van der Waals surface area contributed by atoms with Gasteiger partial charge >= 0.3 is 0 Å². The SMILES string of the molecule is N#CCCc1ncc(-c2ccc(F)cc2F)[nH]1. The van der Waals surface area contributed by atoms with E-state index in [-0.39, 0.29) is 5.56 Å². The molecule has 0 fully saturated rings. The number of hydrogen-bond donors (Lipinski definition) is 1. The van der Waals surface area contributed by atoms with E-state index in [1.807, 2.05) is 6.07 Å². The minimum atomic E-state index is -0.638. The van der Waals surface area contributed by atoms with Gasteiger partial charge < -0.3 is 4.98 Å². The molecular formula is C12H9F2N3. The van der Waals surface area contributed by atoms with E-state index in [9.17, 15) is 8.78 Å². The Morgan fingerprint density at radius 2 is 2.18 bits per heavy atom. The second kappa shape index (κ2) is 4.74. The zero-order chi connectivity index (χ0) is 12.3. The topological polar surface area (TPSA) is 52.5 Å². The Bertz CT molecular complexity index is 569. The maximum atomic E-state index is 13.5. The third-order valence-electron chi connectivity index (χ3n) is 2.32. The molecule has 2 aromatic rings. The van der Waals surface area contributed by atoms with Gasteiger partial charge in [0.1, 0.15) is 17.5 Å². The van der Waals surface area contributed by atoms with Gasteiger partial charge in [0, 0.05) is 24.5 Å². The lowest BCUT2D eigenvalue weighted by Gasteiger charge is -1.99. The second-order valence-corrected chi connectivity index (χ2v) is 3.53. The molecule has 0 aliphatic rings. The third-order valence-corrected chi connectivity index (χ3v) is 2.32. The van der Waals surface area contributed by atoms with Crippen molar-refractivity contribution < 1.29 is 8.78 Å². The number of nitrogens with one attached hydrogen (secondary N) is 1. The summed E-state index contributed by atoms with van der Waals surface area (Å²) in [5, 5.41) is 8.43. The number of H-pyrrole nitrogens is 1. The van der Waals surface area contributed by atoms with Crippen LogP contribution in [0.1, 0.15) is 12.2 Å². The molecule has 1 heterocycles. The summed E-state index contributed by atoms with van der Waals surface area (Å²) in [7, 11) is 0. The molecule has 0 spiro atoms. The fraction of sp³-hybridized carbons (Fsp3) is 0.167. The van der Waals surface area contributed by atoms with E-state index in [2.05, 4.69) is 9.97 Å². The molecule has 0 aliphatic carbocycles. The van der Waals surface area contributed by atoms with Crippen LogP contribution in [0.4, 0.5) is 8.78 Å². The highest BCUT2D eigenvalue weighted by Gasteiger charge is 2.09. The Balaban J connectivity index is 2.28. The summed E-state index contributed by atoms with van der Waals surface area (Å²) in [6.45, 7) is 0. The third kappa shape index (κ3) is 2.48. The van der Waals surface area contributed by atoms with Crippen LogP contribution in [0, 0.1) is 23.0 Å². The Morgan fingerprint density at radius 3 is 2.88 bits per heavy atom. The van der Waals surface area contributed by atoms with Crippen LogP contribution in [0.2, 0.25) is 0 Å². The molecular weight excluding hydrogens is 224 g/mol. The highest BCUT2D eigenvalue weighted by atomic mass is 19.1. The van der Waals surface area contributed by atoms with Gasteiger partial charge in [0.2, 0.25) is 0 Å². The van der Waals surface area contributed by atoms with E-state index >= 15 is 0 Å². The molecule has 0 amide bonds. The summed E-state index contributed by atoms with van der Waals surface area (Å²) in [5.74, 6) is -0.638. The van der Waals surface area contributed by atoms with Gasteiger partial charge in [-0.25, -0.2) is 13.8 Å². The molecule has 0 saturated carbocycles. The monoisotopic (exact) mass is 233 g/mol. The zero-order valence-electron chi connectivity index (χ0n) is 8.87. The molecule has 0 atom stereocenters. The zero-order valence-corrected chi connectivity index (χ0v) is 8.87. The van der Waals surface area contributed by atoms with E-state index in [0.717, 1.165) is 6.07 Å². The van der Waals surface area contributed by atoms with Gasteiger partial charge in [-0.3, -0.25) is 0 Å². The van der Waals surface area contributed by atoms with Crippen molar-refractivity contribution in [2.45, 2.75) is 12.8 Å². The van der Waals surface area contributed by atoms with Crippen molar-refractivity contribution in [3.8, 4) is 17.3 Å². The number of aryl methyl sites for hydroxylation is 1. The van der Waals surface area contributed by atoms with Crippen LogP contribution in [0.15, 0.2) is 24.4 Å². The number of aromatic amines is 1. The number of rotatable bonds is 3. The fourth-order valence-corrected chi connectivity index (χ4v) is 1.51. The Hall–Kier alpha value is -2.22. The van der Waals surface area contributed by atoms with Crippen molar-refractivity contribution in [3.63, 3.8) is 0 Å². The first kappa shape index (κ1) is 11.3. The summed E-state index contributed by atoms with van der Waals surface area (Å²) in [5.41, 5.74) is 0.748. The normalized spacial score (nSPS) is 10.2. The highest BCUT2D eigenvalue weighted by molar-refractivity contribution is 5.59. The standard InChI is InChI=1S/C12H9F2N3/c13-8-3-4-9(10(14)6-8)11-7-16-12(17-11)2-1-5-15/h3-4,6-7H,1-2H2,(H,16,17). The van der Waals surface area contributed by atoms with Crippen molar-refractivity contribution in [2.75, 3.05) is 0 Å². The van der Waals surface area contributed by atoms with E-state index in [0.29, 0.717) is 24.4 Å². The predicted molar refractivity (Wildman–Crippen MR) is 57.9 cm³/mol. The summed E-state index contributed by atoms with van der Waals surface area (Å²) in [6, 6.07) is 5.37. The molecule has 1 aromatic carbocycles. The lowest BCUT2D eigenvalue weighted by atomic mass is 10.1. The average molecular weight is 233 g/mol. The quantitative estimate of drug-likeness (QED) is 0.886. The molecule has 2 rings (SSSR count). The first-order valence-electron chi connectivity index (χ1n) is 5.07. The number of halogens is 2. The fourth-order valence-electron chi connectivity index (χ4n) is 1.51. The molecule has 5 heteroatoms. The maximum absolute atomic E-state index is 13.5. The minimum Gasteiger partial charge on any atom is -0.342 e. The van der Waals surface area contributed by atoms with Crippen molar-refractivity contribution in [2.24, 2.45) is 0 Å². The van der Waals surface area contributed by atoms with Gasteiger partial charge in [-0.1, -0.05) is 0 Å². The number of aromatic nitrogens is 2. The Morgan fingerprint density at radius 1 is 1.35 bits per heavy atom. The Labute approximate surface area is 96.7 Å². The number of hydrogen-bond acceptors (Lipinski definition) is 2. The smallest absolute Gasteiger partial charge is 0.135 e. The average Bonchev–Trinajstić information content (AvgIpc) is 2.75. The maximum Gasteiger partial charge on any atom is 0.135 e. The summed E-state index contributed by atoms with van der Waals surface area (Å²) < 4.78 is 26.2. The van der Waals surface area contributed by atoms with E-state index < -0.39 is 11.6 Å². The van der Waals surface area contributed by atoms with Gasteiger partial charge in [0.25, 0.3) is 0 Å². The van der Waals surface area contributed by atoms with Crippen LogP contribution in [-0.2, 0) is 6.42 Å². The summed E-state index contributed by atoms with van der Waals surface area (Å²) >= 11 is 0. The first-order valence-corrected chi connectivity index (χ1v) is 5.07. The lowest BCUT2D eigenvalue weighted by Crippen LogP contribution is -1.88. The van der Waals surface area contributed by atoms with Crippen LogP contribution in [0.3, 0.4) is 0 Å². The van der Waals surface area contributed by atoms with Crippen LogP contribution >= 0.6 is 0 Å². The van der Waals surface area contributed by atoms with E-state index in [1.165, 1.54) is 18.3 Å². The highest BCUT2D eigenvalue weighted by Crippen LogP contribution is 2.21. The van der Waals surface area contributed by atoms with Crippen LogP contribution < -0.4 is 0 Å². The molecule has 0 bridgehead atoms. The number of benzene rings is 1. The van der Waals surface area contributed by atoms with Crippen molar-refractivity contribution in [1.82, 2.24) is 9.97 Å². The molecule has 0 radical (unpaired) electrons. The Kier molecular flexibility index (Phi) is 3.15. The van der Waals surface area contributed by atoms with Crippen LogP contribution in [0.25, 0.3) is 11.3 Å². The second-order valence-electron chi connectivity index (χ2n) is 3.53. The minimum absolute atomic E-state index is 0.266. The molecule has 1 N–H and O–H groups in total. The number of nitrogens with zero attached hydrogens (tertiary/aromatic N) is 2. The summed E-state index contributed by atoms with van der Waals surface area (Å²) in [4.78, 5) is 6.93. The molecule has 3 nitrogen and oxygen atoms in total. The van der Waals surface area contributed by atoms with Gasteiger partial charge in [-0.15, -0.1) is 0 Å². The van der Waals surface area contributed by atoms with Crippen molar-refractivity contribution in [3.05, 3.63) is 41.9 Å². The molecule has 0 aliphatic heterocycles. The predicted octanol–water partition coefficient (Wildman–Crippen LogP) is 2.81. The van der Waals surface area contributed by atoms with Gasteiger partial charge in [0.05, 0.1) is 18.0 Å². The molecule has 17 heavy (non-hydrogen) atoms. The molecule has 0 unspecified atom stereocenters. The number of imidazole rings is 1. The van der Waals surface area contributed by atoms with Crippen molar-refractivity contribution >= 4 is 0 Å². The van der Waals surface area contributed by atoms with Gasteiger partial charge in [-0.05, 0) is 12.1 Å².